The van der Waals surface area contributed by atoms with Crippen molar-refractivity contribution in [1.29, 1.82) is 0 Å². The van der Waals surface area contributed by atoms with Crippen LogP contribution in [0.3, 0.4) is 0 Å². The molecule has 6 nitrogen and oxygen atoms in total. The van der Waals surface area contributed by atoms with Crippen LogP contribution in [0.4, 0.5) is 4.79 Å². The predicted molar refractivity (Wildman–Crippen MR) is 135 cm³/mol. The molecule has 1 N–H and O–H groups in total. The number of hydrogen-bond acceptors (Lipinski definition) is 6. The molecule has 1 aliphatic carbocycles. The Morgan fingerprint density at radius 3 is 2.44 bits per heavy atom. The molecule has 0 radical (unpaired) electrons. The van der Waals surface area contributed by atoms with Gasteiger partial charge in [-0.2, -0.15) is 4.89 Å². The number of carbonyl (C=O) groups is 2. The van der Waals surface area contributed by atoms with E-state index in [0.717, 1.165) is 42.0 Å². The molecule has 182 valence electrons. The Bertz CT molecular complexity index is 1440. The molecule has 0 spiro atoms. The van der Waals surface area contributed by atoms with Gasteiger partial charge in [0, 0.05) is 27.6 Å². The standard InChI is InChI=1S/C30H26O6/c1-2-3-4-10-20-17-18-26-24(19-20)28(31)23-14-7-8-15-25(23)30(26,36-33)35-29(32)34-27-16-9-12-21-11-5-6-13-22(21)27/h5-9,11-19,33H,2-4,10H2,1H3. The van der Waals surface area contributed by atoms with Crippen molar-refractivity contribution in [2.75, 3.05) is 0 Å². The van der Waals surface area contributed by atoms with Gasteiger partial charge in [-0.25, -0.2) is 10.1 Å². The van der Waals surface area contributed by atoms with Crippen molar-refractivity contribution in [1.82, 2.24) is 0 Å². The lowest BCUT2D eigenvalue weighted by Crippen LogP contribution is -2.42. The number of carbonyl (C=O) groups excluding carboxylic acids is 2. The number of rotatable bonds is 7. The number of ketones is 1. The molecule has 0 aromatic heterocycles. The smallest absolute Gasteiger partial charge is 0.394 e. The Hall–Kier alpha value is -4.00. The Morgan fingerprint density at radius 1 is 0.861 bits per heavy atom. The van der Waals surface area contributed by atoms with Gasteiger partial charge in [0.1, 0.15) is 5.75 Å². The summed E-state index contributed by atoms with van der Waals surface area (Å²) in [5.41, 5.74) is 2.04. The molecule has 0 amide bonds. The number of hydrogen-bond donors (Lipinski definition) is 1. The molecule has 5 rings (SSSR count). The topological polar surface area (TPSA) is 82.1 Å². The van der Waals surface area contributed by atoms with Crippen LogP contribution in [0.25, 0.3) is 10.8 Å². The van der Waals surface area contributed by atoms with Crippen LogP contribution in [-0.2, 0) is 21.8 Å². The molecule has 0 aliphatic heterocycles. The molecule has 36 heavy (non-hydrogen) atoms. The van der Waals surface area contributed by atoms with E-state index in [-0.39, 0.29) is 22.5 Å². The summed E-state index contributed by atoms with van der Waals surface area (Å²) in [6.07, 6.45) is 2.90. The van der Waals surface area contributed by atoms with Gasteiger partial charge in [0.2, 0.25) is 0 Å². The molecule has 0 bridgehead atoms. The van der Waals surface area contributed by atoms with E-state index in [2.05, 4.69) is 6.92 Å². The summed E-state index contributed by atoms with van der Waals surface area (Å²) in [4.78, 5) is 31.5. The number of unbranched alkanes of at least 4 members (excludes halogenated alkanes) is 2. The SMILES string of the molecule is CCCCCc1ccc2c(c1)C(=O)c1ccccc1C2(OO)OC(=O)Oc1cccc2ccccc12. The zero-order valence-corrected chi connectivity index (χ0v) is 19.9. The molecular weight excluding hydrogens is 456 g/mol. The van der Waals surface area contributed by atoms with Gasteiger partial charge >= 0.3 is 11.9 Å². The molecule has 0 fully saturated rings. The summed E-state index contributed by atoms with van der Waals surface area (Å²) in [6, 6.07) is 24.7. The van der Waals surface area contributed by atoms with Gasteiger partial charge in [0.25, 0.3) is 0 Å². The molecule has 0 saturated carbocycles. The third-order valence-corrected chi connectivity index (χ3v) is 6.58. The van der Waals surface area contributed by atoms with Crippen molar-refractivity contribution in [3.63, 3.8) is 0 Å². The minimum atomic E-state index is -2.07. The first-order valence-corrected chi connectivity index (χ1v) is 12.1. The fraction of sp³-hybridized carbons (Fsp3) is 0.200. The second kappa shape index (κ2) is 9.93. The third-order valence-electron chi connectivity index (χ3n) is 6.58. The maximum Gasteiger partial charge on any atom is 0.517 e. The van der Waals surface area contributed by atoms with E-state index < -0.39 is 11.9 Å². The Balaban J connectivity index is 1.54. The van der Waals surface area contributed by atoms with Crippen LogP contribution >= 0.6 is 0 Å². The average molecular weight is 483 g/mol. The zero-order chi connectivity index (χ0) is 25.1. The van der Waals surface area contributed by atoms with E-state index in [1.807, 2.05) is 36.4 Å². The van der Waals surface area contributed by atoms with Crippen molar-refractivity contribution >= 4 is 22.7 Å². The summed E-state index contributed by atoms with van der Waals surface area (Å²) in [6.45, 7) is 2.13. The lowest BCUT2D eigenvalue weighted by molar-refractivity contribution is -0.382. The van der Waals surface area contributed by atoms with Gasteiger partial charge < -0.3 is 9.47 Å². The predicted octanol–water partition coefficient (Wildman–Crippen LogP) is 7.02. The molecule has 4 aromatic carbocycles. The van der Waals surface area contributed by atoms with Crippen LogP contribution in [-0.4, -0.2) is 17.2 Å². The highest BCUT2D eigenvalue weighted by Crippen LogP contribution is 2.44. The Morgan fingerprint density at radius 2 is 1.61 bits per heavy atom. The minimum absolute atomic E-state index is 0.221. The largest absolute Gasteiger partial charge is 0.517 e. The first-order valence-electron chi connectivity index (χ1n) is 12.1. The molecule has 6 heteroatoms. The van der Waals surface area contributed by atoms with Gasteiger partial charge in [-0.05, 0) is 35.9 Å². The number of aryl methyl sites for hydroxylation is 1. The summed E-state index contributed by atoms with van der Waals surface area (Å²) in [5.74, 6) is -1.99. The van der Waals surface area contributed by atoms with Crippen molar-refractivity contribution < 1.29 is 29.2 Å². The lowest BCUT2D eigenvalue weighted by Gasteiger charge is -2.35. The first kappa shape index (κ1) is 23.7. The summed E-state index contributed by atoms with van der Waals surface area (Å²) < 4.78 is 11.3. The fourth-order valence-electron chi connectivity index (χ4n) is 4.80. The van der Waals surface area contributed by atoms with E-state index in [4.69, 9.17) is 14.4 Å². The second-order valence-electron chi connectivity index (χ2n) is 8.85. The quantitative estimate of drug-likeness (QED) is 0.0761. The third kappa shape index (κ3) is 4.15. The molecule has 1 atom stereocenters. The highest BCUT2D eigenvalue weighted by atomic mass is 17.2. The summed E-state index contributed by atoms with van der Waals surface area (Å²) in [5, 5.41) is 11.8. The van der Waals surface area contributed by atoms with Crippen molar-refractivity contribution in [3.8, 4) is 5.75 Å². The maximum absolute atomic E-state index is 13.4. The summed E-state index contributed by atoms with van der Waals surface area (Å²) >= 11 is 0. The van der Waals surface area contributed by atoms with E-state index in [1.54, 1.807) is 48.5 Å². The highest BCUT2D eigenvalue weighted by Gasteiger charge is 2.50. The van der Waals surface area contributed by atoms with E-state index in [1.165, 1.54) is 0 Å². The first-order chi connectivity index (χ1) is 17.6. The summed E-state index contributed by atoms with van der Waals surface area (Å²) in [7, 11) is 0. The lowest BCUT2D eigenvalue weighted by atomic mass is 9.79. The van der Waals surface area contributed by atoms with Gasteiger partial charge in [-0.3, -0.25) is 4.79 Å². The Kier molecular flexibility index (Phi) is 6.55. The van der Waals surface area contributed by atoms with Gasteiger partial charge in [-0.15, -0.1) is 0 Å². The van der Waals surface area contributed by atoms with Crippen molar-refractivity contribution in [2.45, 2.75) is 38.4 Å². The monoisotopic (exact) mass is 482 g/mol. The zero-order valence-electron chi connectivity index (χ0n) is 19.9. The molecule has 1 unspecified atom stereocenters. The molecule has 0 heterocycles. The van der Waals surface area contributed by atoms with Gasteiger partial charge in [0.05, 0.1) is 0 Å². The van der Waals surface area contributed by atoms with Gasteiger partial charge in [0.15, 0.2) is 5.78 Å². The molecule has 1 aliphatic rings. The highest BCUT2D eigenvalue weighted by molar-refractivity contribution is 6.13. The molecular formula is C30H26O6. The normalized spacial score (nSPS) is 16.3. The molecule has 4 aromatic rings. The fourth-order valence-corrected chi connectivity index (χ4v) is 4.80. The van der Waals surface area contributed by atoms with Crippen LogP contribution in [0.15, 0.2) is 84.9 Å². The number of benzene rings is 4. The van der Waals surface area contributed by atoms with Crippen LogP contribution in [0.2, 0.25) is 0 Å². The second-order valence-corrected chi connectivity index (χ2v) is 8.85. The van der Waals surface area contributed by atoms with Crippen LogP contribution in [0.5, 0.6) is 5.75 Å². The maximum atomic E-state index is 13.4. The van der Waals surface area contributed by atoms with Gasteiger partial charge in [-0.1, -0.05) is 92.6 Å². The van der Waals surface area contributed by atoms with E-state index in [0.29, 0.717) is 11.3 Å². The average Bonchev–Trinajstić information content (AvgIpc) is 2.91. The Labute approximate surface area is 209 Å². The van der Waals surface area contributed by atoms with Crippen LogP contribution in [0.1, 0.15) is 58.8 Å². The van der Waals surface area contributed by atoms with Crippen molar-refractivity contribution in [3.05, 3.63) is 113 Å². The van der Waals surface area contributed by atoms with E-state index >= 15 is 0 Å². The van der Waals surface area contributed by atoms with Crippen LogP contribution < -0.4 is 4.74 Å². The van der Waals surface area contributed by atoms with E-state index in [9.17, 15) is 14.8 Å². The van der Waals surface area contributed by atoms with Crippen LogP contribution in [0, 0.1) is 0 Å². The number of fused-ring (bicyclic) bond motifs is 3. The molecule has 0 saturated heterocycles. The van der Waals surface area contributed by atoms with Crippen molar-refractivity contribution in [2.24, 2.45) is 0 Å². The number of ether oxygens (including phenoxy) is 2. The minimum Gasteiger partial charge on any atom is -0.394 e.